The van der Waals surface area contributed by atoms with Gasteiger partial charge in [0.25, 0.3) is 5.91 Å². The van der Waals surface area contributed by atoms with Crippen molar-refractivity contribution in [3.05, 3.63) is 29.6 Å². The van der Waals surface area contributed by atoms with Gasteiger partial charge < -0.3 is 10.1 Å². The Morgan fingerprint density at radius 1 is 1.40 bits per heavy atom. The Bertz CT molecular complexity index is 736. The number of nitrogens with zero attached hydrogens (tertiary/aromatic N) is 1. The highest BCUT2D eigenvalue weighted by Gasteiger charge is 2.55. The maximum Gasteiger partial charge on any atom is 0.325 e. The van der Waals surface area contributed by atoms with Crippen LogP contribution in [0.5, 0.6) is 5.75 Å². The van der Waals surface area contributed by atoms with Crippen LogP contribution < -0.4 is 10.1 Å². The van der Waals surface area contributed by atoms with Gasteiger partial charge in [-0.05, 0) is 37.0 Å². The van der Waals surface area contributed by atoms with Gasteiger partial charge >= 0.3 is 6.03 Å². The van der Waals surface area contributed by atoms with Gasteiger partial charge in [0.15, 0.2) is 17.3 Å². The Morgan fingerprint density at radius 3 is 2.80 bits per heavy atom. The number of halogens is 1. The van der Waals surface area contributed by atoms with E-state index in [9.17, 15) is 18.8 Å². The summed E-state index contributed by atoms with van der Waals surface area (Å²) in [5, 5.41) is 2.80. The van der Waals surface area contributed by atoms with Gasteiger partial charge in [-0.1, -0.05) is 19.8 Å². The number of carbonyl (C=O) groups excluding carboxylic acids is 3. The standard InChI is InChI=1S/C18H21FN2O4/c1-11-5-3-4-8-18(11)16(23)21(17(24)20-18)10-14(22)12-6-7-15(25-2)13(19)9-12/h6-7,9,11H,3-5,8,10H2,1-2H3,(H,20,24)/t11-,18+/m0/s1. The molecule has 0 radical (unpaired) electrons. The predicted octanol–water partition coefficient (Wildman–Crippen LogP) is 2.52. The molecule has 0 unspecified atom stereocenters. The third-order valence-electron chi connectivity index (χ3n) is 5.28. The lowest BCUT2D eigenvalue weighted by Gasteiger charge is -2.36. The average molecular weight is 348 g/mol. The largest absolute Gasteiger partial charge is 0.494 e. The summed E-state index contributed by atoms with van der Waals surface area (Å²) < 4.78 is 18.6. The Kier molecular flexibility index (Phi) is 4.49. The lowest BCUT2D eigenvalue weighted by Crippen LogP contribution is -2.54. The molecular weight excluding hydrogens is 327 g/mol. The van der Waals surface area contributed by atoms with E-state index >= 15 is 0 Å². The van der Waals surface area contributed by atoms with E-state index in [0.717, 1.165) is 30.2 Å². The van der Waals surface area contributed by atoms with Crippen molar-refractivity contribution in [3.8, 4) is 5.75 Å². The summed E-state index contributed by atoms with van der Waals surface area (Å²) in [5.74, 6) is -1.46. The van der Waals surface area contributed by atoms with Crippen LogP contribution in [-0.4, -0.2) is 41.8 Å². The number of imide groups is 1. The number of nitrogens with one attached hydrogen (secondary N) is 1. The molecule has 1 heterocycles. The fourth-order valence-corrected chi connectivity index (χ4v) is 3.71. The van der Waals surface area contributed by atoms with Crippen LogP contribution in [0.3, 0.4) is 0 Å². The molecular formula is C18H21FN2O4. The van der Waals surface area contributed by atoms with Crippen molar-refractivity contribution in [2.75, 3.05) is 13.7 Å². The van der Waals surface area contributed by atoms with E-state index in [1.165, 1.54) is 19.2 Å². The second-order valence-electron chi connectivity index (χ2n) is 6.71. The van der Waals surface area contributed by atoms with Crippen LogP contribution in [-0.2, 0) is 4.79 Å². The molecule has 0 bridgehead atoms. The van der Waals surface area contributed by atoms with Crippen LogP contribution in [0.25, 0.3) is 0 Å². The summed E-state index contributed by atoms with van der Waals surface area (Å²) in [4.78, 5) is 38.5. The number of Topliss-reactive ketones (excluding diaryl/α,β-unsaturated/α-hetero) is 1. The number of ketones is 1. The van der Waals surface area contributed by atoms with Crippen LogP contribution in [0.1, 0.15) is 43.0 Å². The number of methoxy groups -OCH3 is 1. The quantitative estimate of drug-likeness (QED) is 0.670. The van der Waals surface area contributed by atoms with E-state index < -0.39 is 29.7 Å². The SMILES string of the molecule is COc1ccc(C(=O)CN2C(=O)N[C@@]3(CCCC[C@@H]3C)C2=O)cc1F. The number of ether oxygens (including phenoxy) is 1. The maximum absolute atomic E-state index is 13.8. The van der Waals surface area contributed by atoms with Crippen molar-refractivity contribution in [3.63, 3.8) is 0 Å². The van der Waals surface area contributed by atoms with Gasteiger partial charge in [0, 0.05) is 5.56 Å². The first kappa shape index (κ1) is 17.4. The van der Waals surface area contributed by atoms with Crippen LogP contribution in [0.15, 0.2) is 18.2 Å². The summed E-state index contributed by atoms with van der Waals surface area (Å²) in [6.07, 6.45) is 3.33. The molecule has 6 nitrogen and oxygen atoms in total. The summed E-state index contributed by atoms with van der Waals surface area (Å²) in [6, 6.07) is 3.26. The highest BCUT2D eigenvalue weighted by Crippen LogP contribution is 2.38. The van der Waals surface area contributed by atoms with Crippen molar-refractivity contribution in [2.24, 2.45) is 5.92 Å². The third-order valence-corrected chi connectivity index (χ3v) is 5.28. The number of benzene rings is 1. The van der Waals surface area contributed by atoms with Crippen molar-refractivity contribution in [1.29, 1.82) is 0 Å². The maximum atomic E-state index is 13.8. The van der Waals surface area contributed by atoms with Crippen LogP contribution in [0, 0.1) is 11.7 Å². The van der Waals surface area contributed by atoms with E-state index in [1.807, 2.05) is 6.92 Å². The van der Waals surface area contributed by atoms with Gasteiger partial charge in [-0.25, -0.2) is 9.18 Å². The third kappa shape index (κ3) is 2.88. The zero-order valence-electron chi connectivity index (χ0n) is 14.3. The second kappa shape index (κ2) is 6.46. The fourth-order valence-electron chi connectivity index (χ4n) is 3.71. The summed E-state index contributed by atoms with van der Waals surface area (Å²) >= 11 is 0. The van der Waals surface area contributed by atoms with E-state index in [4.69, 9.17) is 4.74 Å². The molecule has 3 amide bonds. The van der Waals surface area contributed by atoms with E-state index in [0.29, 0.717) is 6.42 Å². The molecule has 3 rings (SSSR count). The molecule has 2 aliphatic rings. The summed E-state index contributed by atoms with van der Waals surface area (Å²) in [7, 11) is 1.33. The van der Waals surface area contributed by atoms with Gasteiger partial charge in [-0.15, -0.1) is 0 Å². The van der Waals surface area contributed by atoms with Gasteiger partial charge in [-0.3, -0.25) is 14.5 Å². The Balaban J connectivity index is 1.78. The van der Waals surface area contributed by atoms with E-state index in [-0.39, 0.29) is 23.1 Å². The normalized spacial score (nSPS) is 26.0. The molecule has 2 fully saturated rings. The Hall–Kier alpha value is -2.44. The zero-order chi connectivity index (χ0) is 18.2. The molecule has 1 aromatic rings. The molecule has 25 heavy (non-hydrogen) atoms. The lowest BCUT2D eigenvalue weighted by atomic mass is 9.73. The zero-order valence-corrected chi connectivity index (χ0v) is 14.3. The Morgan fingerprint density at radius 2 is 2.16 bits per heavy atom. The van der Waals surface area contributed by atoms with Crippen molar-refractivity contribution in [1.82, 2.24) is 10.2 Å². The number of urea groups is 1. The van der Waals surface area contributed by atoms with E-state index in [2.05, 4.69) is 5.32 Å². The minimum Gasteiger partial charge on any atom is -0.494 e. The first-order chi connectivity index (χ1) is 11.9. The van der Waals surface area contributed by atoms with E-state index in [1.54, 1.807) is 0 Å². The molecule has 1 saturated carbocycles. The van der Waals surface area contributed by atoms with Gasteiger partial charge in [0.05, 0.1) is 13.7 Å². The number of rotatable bonds is 4. The average Bonchev–Trinajstić information content (AvgIpc) is 2.82. The molecule has 0 aromatic heterocycles. The molecule has 2 atom stereocenters. The van der Waals surface area contributed by atoms with Gasteiger partial charge in [0.2, 0.25) is 0 Å². The van der Waals surface area contributed by atoms with Gasteiger partial charge in [0.1, 0.15) is 5.54 Å². The van der Waals surface area contributed by atoms with Gasteiger partial charge in [-0.2, -0.15) is 0 Å². The number of amides is 3. The molecule has 1 spiro atoms. The molecule has 7 heteroatoms. The van der Waals surface area contributed by atoms with Crippen LogP contribution in [0.2, 0.25) is 0 Å². The monoisotopic (exact) mass is 348 g/mol. The number of hydrogen-bond acceptors (Lipinski definition) is 4. The minimum absolute atomic E-state index is 0.0243. The summed E-state index contributed by atoms with van der Waals surface area (Å²) in [5.41, 5.74) is -0.808. The smallest absolute Gasteiger partial charge is 0.325 e. The second-order valence-corrected chi connectivity index (χ2v) is 6.71. The molecule has 1 N–H and O–H groups in total. The molecule has 1 aliphatic carbocycles. The number of hydrogen-bond donors (Lipinski definition) is 1. The first-order valence-electron chi connectivity index (χ1n) is 8.40. The summed E-state index contributed by atoms with van der Waals surface area (Å²) in [6.45, 7) is 1.55. The minimum atomic E-state index is -0.902. The first-order valence-corrected chi connectivity index (χ1v) is 8.40. The van der Waals surface area contributed by atoms with Crippen molar-refractivity contribution in [2.45, 2.75) is 38.1 Å². The van der Waals surface area contributed by atoms with Crippen LogP contribution >= 0.6 is 0 Å². The molecule has 134 valence electrons. The molecule has 1 aliphatic heterocycles. The molecule has 1 aromatic carbocycles. The topological polar surface area (TPSA) is 75.7 Å². The fraction of sp³-hybridized carbons (Fsp3) is 0.500. The highest BCUT2D eigenvalue weighted by molar-refractivity contribution is 6.11. The highest BCUT2D eigenvalue weighted by atomic mass is 19.1. The van der Waals surface area contributed by atoms with Crippen LogP contribution in [0.4, 0.5) is 9.18 Å². The molecule has 1 saturated heterocycles. The Labute approximate surface area is 145 Å². The number of carbonyl (C=O) groups is 3. The van der Waals surface area contributed by atoms with Crippen molar-refractivity contribution < 1.29 is 23.5 Å². The lowest BCUT2D eigenvalue weighted by molar-refractivity contribution is -0.133. The predicted molar refractivity (Wildman–Crippen MR) is 87.9 cm³/mol. The van der Waals surface area contributed by atoms with Crippen molar-refractivity contribution >= 4 is 17.7 Å².